The van der Waals surface area contributed by atoms with E-state index in [-0.39, 0.29) is 118 Å². The molecule has 4 radical (unpaired) electrons. The van der Waals surface area contributed by atoms with E-state index in [4.69, 9.17) is 30.8 Å². The number of aliphatic carboxylic acids is 2. The van der Waals surface area contributed by atoms with Crippen LogP contribution in [0.2, 0.25) is 0 Å². The predicted octanol–water partition coefficient (Wildman–Crippen LogP) is -4.15. The summed E-state index contributed by atoms with van der Waals surface area (Å²) in [6.07, 6.45) is 0. The maximum absolute atomic E-state index is 9.96. The first-order valence-corrected chi connectivity index (χ1v) is 8.24. The maximum atomic E-state index is 9.96. The summed E-state index contributed by atoms with van der Waals surface area (Å²) in [5, 5.41) is 16.1. The van der Waals surface area contributed by atoms with E-state index in [0.29, 0.717) is 0 Å². The molecule has 0 saturated carbocycles. The van der Waals surface area contributed by atoms with Gasteiger partial charge in [-0.15, -0.1) is 13.2 Å². The molecule has 0 aromatic carbocycles. The quantitative estimate of drug-likeness (QED) is 0.126. The molecule has 0 unspecified atom stereocenters. The van der Waals surface area contributed by atoms with Gasteiger partial charge in [0.1, 0.15) is 23.6 Å². The monoisotopic (exact) mass is 458 g/mol. The second-order valence-electron chi connectivity index (χ2n) is 3.39. The fraction of sp³-hybridized carbons (Fsp3) is 0.500. The molecule has 136 valence electrons. The topological polar surface area (TPSA) is 235 Å². The standard InChI is InChI=1S/2C3H7NO5S.C2H4.4Na/c2*4-2(3(5)6)1-10(7,8)9;1-2;;;;/h2*2H,1,4H2,(H,5,6)(H,7,8,9);1-2H2;;;;/t2*2-;;;;;/m00...../s1. The van der Waals surface area contributed by atoms with Crippen molar-refractivity contribution >= 4 is 150 Å². The third kappa shape index (κ3) is 40.9. The summed E-state index contributed by atoms with van der Waals surface area (Å²) in [5.74, 6) is -4.83. The van der Waals surface area contributed by atoms with E-state index in [1.807, 2.05) is 0 Å². The van der Waals surface area contributed by atoms with Crippen LogP contribution in [0.5, 0.6) is 0 Å². The van der Waals surface area contributed by atoms with Crippen LogP contribution in [0.1, 0.15) is 0 Å². The second-order valence-corrected chi connectivity index (χ2v) is 6.38. The number of nitrogens with two attached hydrogens (primary N) is 2. The summed E-state index contributed by atoms with van der Waals surface area (Å²) in [5.41, 5.74) is 9.53. The van der Waals surface area contributed by atoms with Gasteiger partial charge in [-0.05, 0) is 0 Å². The van der Waals surface area contributed by atoms with Crippen molar-refractivity contribution in [1.29, 1.82) is 0 Å². The average molecular weight is 458 g/mol. The van der Waals surface area contributed by atoms with Gasteiger partial charge >= 0.3 is 11.9 Å². The minimum atomic E-state index is -4.27. The van der Waals surface area contributed by atoms with Crippen LogP contribution in [0, 0.1) is 0 Å². The van der Waals surface area contributed by atoms with Crippen LogP contribution in [0.3, 0.4) is 0 Å². The Bertz CT molecular complexity index is 522. The number of carboxylic acids is 2. The first-order chi connectivity index (χ1) is 9.65. The Hall–Kier alpha value is 2.42. The second kappa shape index (κ2) is 23.7. The molecular weight excluding hydrogens is 440 g/mol. The molecule has 26 heavy (non-hydrogen) atoms. The smallest absolute Gasteiger partial charge is 0.321 e. The van der Waals surface area contributed by atoms with Crippen molar-refractivity contribution < 1.29 is 45.7 Å². The molecule has 0 saturated heterocycles. The third-order valence-corrected chi connectivity index (χ3v) is 2.98. The van der Waals surface area contributed by atoms with Crippen molar-refractivity contribution in [3.05, 3.63) is 13.2 Å². The molecular formula is C8H18N2Na4O10S2. The number of carboxylic acid groups (broad SMARTS) is 2. The molecule has 0 spiro atoms. The van der Waals surface area contributed by atoms with Gasteiger partial charge in [-0.2, -0.15) is 16.8 Å². The summed E-state index contributed by atoms with van der Waals surface area (Å²) in [6.45, 7) is 6.00. The van der Waals surface area contributed by atoms with E-state index in [1.165, 1.54) is 0 Å². The van der Waals surface area contributed by atoms with Crippen molar-refractivity contribution in [3.8, 4) is 0 Å². The van der Waals surface area contributed by atoms with Gasteiger partial charge in [0, 0.05) is 118 Å². The van der Waals surface area contributed by atoms with E-state index in [0.717, 1.165) is 0 Å². The molecule has 0 amide bonds. The zero-order chi connectivity index (χ0) is 18.7. The van der Waals surface area contributed by atoms with Gasteiger partial charge in [0.15, 0.2) is 0 Å². The van der Waals surface area contributed by atoms with Gasteiger partial charge in [-0.25, -0.2) is 0 Å². The molecule has 0 aliphatic heterocycles. The van der Waals surface area contributed by atoms with Gasteiger partial charge < -0.3 is 21.7 Å². The van der Waals surface area contributed by atoms with Gasteiger partial charge in [-0.1, -0.05) is 0 Å². The van der Waals surface area contributed by atoms with Crippen LogP contribution in [0.4, 0.5) is 0 Å². The molecule has 0 rings (SSSR count). The van der Waals surface area contributed by atoms with Crippen molar-refractivity contribution in [1.82, 2.24) is 0 Å². The Morgan fingerprint density at radius 1 is 0.731 bits per heavy atom. The summed E-state index contributed by atoms with van der Waals surface area (Å²) >= 11 is 0. The molecule has 0 bridgehead atoms. The van der Waals surface area contributed by atoms with E-state index < -0.39 is 55.8 Å². The molecule has 2 atom stereocenters. The zero-order valence-electron chi connectivity index (χ0n) is 15.2. The van der Waals surface area contributed by atoms with Crippen LogP contribution in [-0.4, -0.2) is 190 Å². The minimum absolute atomic E-state index is 0. The molecule has 12 nitrogen and oxygen atoms in total. The molecule has 8 N–H and O–H groups in total. The van der Waals surface area contributed by atoms with Gasteiger partial charge in [0.2, 0.25) is 0 Å². The van der Waals surface area contributed by atoms with Gasteiger partial charge in [0.05, 0.1) is 0 Å². The Morgan fingerprint density at radius 3 is 0.923 bits per heavy atom. The maximum Gasteiger partial charge on any atom is 0.321 e. The van der Waals surface area contributed by atoms with Crippen LogP contribution in [-0.2, 0) is 29.8 Å². The molecule has 0 aliphatic carbocycles. The van der Waals surface area contributed by atoms with E-state index in [9.17, 15) is 26.4 Å². The van der Waals surface area contributed by atoms with Crippen molar-refractivity contribution in [2.24, 2.45) is 11.5 Å². The number of hydrogen-bond donors (Lipinski definition) is 6. The number of hydrogen-bond acceptors (Lipinski definition) is 8. The average Bonchev–Trinajstić information content (AvgIpc) is 2.27. The third-order valence-electron chi connectivity index (χ3n) is 1.41. The molecule has 0 aromatic rings. The number of rotatable bonds is 6. The fourth-order valence-electron chi connectivity index (χ4n) is 0.596. The SMILES string of the molecule is C=C.N[C@@H](CS(=O)(=O)O)C(=O)O.N[C@@H](CS(=O)(=O)O)C(=O)O.[Na].[Na].[Na].[Na]. The summed E-state index contributed by atoms with van der Waals surface area (Å²) in [6, 6.07) is -3.12. The van der Waals surface area contributed by atoms with Gasteiger partial charge in [0.25, 0.3) is 20.2 Å². The van der Waals surface area contributed by atoms with E-state index >= 15 is 0 Å². The molecule has 0 aliphatic rings. The molecule has 18 heteroatoms. The largest absolute Gasteiger partial charge is 0.480 e. The van der Waals surface area contributed by atoms with Crippen molar-refractivity contribution in [2.75, 3.05) is 11.5 Å². The summed E-state index contributed by atoms with van der Waals surface area (Å²) in [4.78, 5) is 19.8. The van der Waals surface area contributed by atoms with Crippen LogP contribution >= 0.6 is 0 Å². The minimum Gasteiger partial charge on any atom is -0.480 e. The van der Waals surface area contributed by atoms with Crippen molar-refractivity contribution in [2.45, 2.75) is 12.1 Å². The Kier molecular flexibility index (Phi) is 42.4. The fourth-order valence-corrected chi connectivity index (χ4v) is 1.79. The van der Waals surface area contributed by atoms with E-state index in [1.54, 1.807) is 0 Å². The Labute approximate surface area is 240 Å². The Balaban J connectivity index is -0.0000000443. The molecule has 0 heterocycles. The summed E-state index contributed by atoms with van der Waals surface area (Å²) < 4.78 is 56.0. The van der Waals surface area contributed by atoms with Gasteiger partial charge in [-0.3, -0.25) is 18.7 Å². The summed E-state index contributed by atoms with van der Waals surface area (Å²) in [7, 11) is -8.55. The Morgan fingerprint density at radius 2 is 0.885 bits per heavy atom. The normalized spacial score (nSPS) is 11.4. The van der Waals surface area contributed by atoms with Crippen molar-refractivity contribution in [3.63, 3.8) is 0 Å². The molecule has 0 fully saturated rings. The zero-order valence-corrected chi connectivity index (χ0v) is 24.8. The first kappa shape index (κ1) is 46.6. The van der Waals surface area contributed by atoms with Crippen LogP contribution in [0.25, 0.3) is 0 Å². The molecule has 0 aromatic heterocycles. The van der Waals surface area contributed by atoms with Crippen LogP contribution in [0.15, 0.2) is 13.2 Å². The first-order valence-electron chi connectivity index (χ1n) is 5.03. The van der Waals surface area contributed by atoms with Crippen LogP contribution < -0.4 is 11.5 Å². The number of carbonyl (C=O) groups is 2. The van der Waals surface area contributed by atoms with E-state index in [2.05, 4.69) is 13.2 Å². The predicted molar refractivity (Wildman–Crippen MR) is 98.3 cm³/mol.